The number of esters is 1. The van der Waals surface area contributed by atoms with Gasteiger partial charge in [-0.05, 0) is 24.3 Å². The van der Waals surface area contributed by atoms with Crippen molar-refractivity contribution >= 4 is 23.6 Å². The van der Waals surface area contributed by atoms with Crippen LogP contribution in [0, 0.1) is 11.3 Å². The molecule has 1 aliphatic heterocycles. The van der Waals surface area contributed by atoms with Crippen LogP contribution < -0.4 is 14.8 Å². The van der Waals surface area contributed by atoms with Gasteiger partial charge in [-0.3, -0.25) is 4.79 Å². The van der Waals surface area contributed by atoms with Crippen molar-refractivity contribution in [3.8, 4) is 17.6 Å². The molecular weight excluding hydrogens is 366 g/mol. The molecule has 2 heterocycles. The van der Waals surface area contributed by atoms with E-state index in [1.165, 1.54) is 24.5 Å². The number of furan rings is 1. The number of benzene rings is 1. The van der Waals surface area contributed by atoms with E-state index < -0.39 is 24.8 Å². The van der Waals surface area contributed by atoms with Crippen LogP contribution in [0.2, 0.25) is 0 Å². The summed E-state index contributed by atoms with van der Waals surface area (Å²) < 4.78 is 44.1. The summed E-state index contributed by atoms with van der Waals surface area (Å²) in [4.78, 5) is 23.7. The van der Waals surface area contributed by atoms with Crippen LogP contribution in [-0.2, 0) is 14.3 Å². The number of rotatable bonds is 5. The van der Waals surface area contributed by atoms with Crippen molar-refractivity contribution in [1.29, 1.82) is 5.26 Å². The van der Waals surface area contributed by atoms with Gasteiger partial charge in [0.15, 0.2) is 18.1 Å². The van der Waals surface area contributed by atoms with Crippen molar-refractivity contribution in [1.82, 2.24) is 0 Å². The summed E-state index contributed by atoms with van der Waals surface area (Å²) in [7, 11) is 0. The average Bonchev–Trinajstić information content (AvgIpc) is 3.22. The molecule has 27 heavy (non-hydrogen) atoms. The smallest absolute Gasteiger partial charge is 0.465 e. The van der Waals surface area contributed by atoms with Gasteiger partial charge in [-0.1, -0.05) is 0 Å². The molecule has 10 heteroatoms. The number of nitrogens with one attached hydrogen (secondary N) is 1. The largest absolute Gasteiger partial charge is 0.586 e. The Hall–Kier alpha value is -3.87. The molecule has 0 saturated heterocycles. The van der Waals surface area contributed by atoms with Crippen LogP contribution >= 0.6 is 0 Å². The van der Waals surface area contributed by atoms with Gasteiger partial charge < -0.3 is 23.9 Å². The number of ether oxygens (including phenoxy) is 3. The van der Waals surface area contributed by atoms with E-state index in [0.717, 1.165) is 12.1 Å². The lowest BCUT2D eigenvalue weighted by molar-refractivity contribution is -0.286. The molecule has 8 nitrogen and oxygen atoms in total. The van der Waals surface area contributed by atoms with E-state index >= 15 is 0 Å². The highest BCUT2D eigenvalue weighted by Crippen LogP contribution is 2.42. The Morgan fingerprint density at radius 2 is 2.04 bits per heavy atom. The summed E-state index contributed by atoms with van der Waals surface area (Å²) in [6.45, 7) is -0.694. The van der Waals surface area contributed by atoms with E-state index in [-0.39, 0.29) is 28.5 Å². The molecule has 138 valence electrons. The number of anilines is 1. The summed E-state index contributed by atoms with van der Waals surface area (Å²) in [5, 5.41) is 11.3. The maximum Gasteiger partial charge on any atom is 0.586 e. The fraction of sp³-hybridized carbons (Fsp3) is 0.118. The van der Waals surface area contributed by atoms with Gasteiger partial charge in [-0.25, -0.2) is 4.79 Å². The van der Waals surface area contributed by atoms with Crippen molar-refractivity contribution in [2.24, 2.45) is 0 Å². The third-order valence-corrected chi connectivity index (χ3v) is 3.19. The standard InChI is InChI=1S/C17H10F2N2O6/c18-17(19)26-13-4-3-11(7-14(13)27-17)21-15(22)9-25-16(23)10(8-20)6-12-2-1-5-24-12/h1-7H,9H2,(H,21,22)/b10-6+. The molecule has 0 aliphatic carbocycles. The number of nitriles is 1. The molecule has 1 aliphatic rings. The summed E-state index contributed by atoms with van der Waals surface area (Å²) in [5.41, 5.74) is -0.231. The minimum absolute atomic E-state index is 0.128. The number of alkyl halides is 2. The van der Waals surface area contributed by atoms with Crippen molar-refractivity contribution in [3.63, 3.8) is 0 Å². The minimum atomic E-state index is -3.77. The van der Waals surface area contributed by atoms with Crippen LogP contribution in [0.1, 0.15) is 5.76 Å². The highest BCUT2D eigenvalue weighted by atomic mass is 19.3. The number of nitrogens with zero attached hydrogens (tertiary/aromatic N) is 1. The Morgan fingerprint density at radius 3 is 2.74 bits per heavy atom. The fourth-order valence-electron chi connectivity index (χ4n) is 2.09. The van der Waals surface area contributed by atoms with E-state index in [9.17, 15) is 18.4 Å². The lowest BCUT2D eigenvalue weighted by Gasteiger charge is -2.07. The first-order chi connectivity index (χ1) is 12.9. The van der Waals surface area contributed by atoms with E-state index in [0.29, 0.717) is 0 Å². The van der Waals surface area contributed by atoms with E-state index in [2.05, 4.69) is 14.8 Å². The second-order valence-electron chi connectivity index (χ2n) is 5.14. The first-order valence-corrected chi connectivity index (χ1v) is 7.38. The number of hydrogen-bond acceptors (Lipinski definition) is 7. The lowest BCUT2D eigenvalue weighted by atomic mass is 10.2. The third-order valence-electron chi connectivity index (χ3n) is 3.19. The number of amides is 1. The summed E-state index contributed by atoms with van der Waals surface area (Å²) >= 11 is 0. The molecule has 0 bridgehead atoms. The van der Waals surface area contributed by atoms with Crippen LogP contribution in [0.3, 0.4) is 0 Å². The predicted molar refractivity (Wildman–Crippen MR) is 84.5 cm³/mol. The highest BCUT2D eigenvalue weighted by molar-refractivity contribution is 5.99. The summed E-state index contributed by atoms with van der Waals surface area (Å²) in [6.07, 6.45) is -1.24. The lowest BCUT2D eigenvalue weighted by Crippen LogP contribution is -2.25. The Balaban J connectivity index is 1.56. The number of halogens is 2. The predicted octanol–water partition coefficient (Wildman–Crippen LogP) is 2.69. The quantitative estimate of drug-likeness (QED) is 0.485. The SMILES string of the molecule is N#C/C(=C\c1ccco1)C(=O)OCC(=O)Nc1ccc2c(c1)OC(F)(F)O2. The van der Waals surface area contributed by atoms with Crippen LogP contribution in [-0.4, -0.2) is 24.8 Å². The topological polar surface area (TPSA) is 111 Å². The van der Waals surface area contributed by atoms with Crippen molar-refractivity contribution in [2.45, 2.75) is 6.29 Å². The molecule has 0 unspecified atom stereocenters. The number of carbonyl (C=O) groups excluding carboxylic acids is 2. The van der Waals surface area contributed by atoms with Crippen LogP contribution in [0.25, 0.3) is 6.08 Å². The second kappa shape index (κ2) is 7.17. The van der Waals surface area contributed by atoms with Crippen LogP contribution in [0.5, 0.6) is 11.5 Å². The maximum atomic E-state index is 13.0. The zero-order valence-electron chi connectivity index (χ0n) is 13.4. The normalized spacial score (nSPS) is 14.3. The van der Waals surface area contributed by atoms with Gasteiger partial charge >= 0.3 is 12.3 Å². The second-order valence-corrected chi connectivity index (χ2v) is 5.14. The average molecular weight is 376 g/mol. The van der Waals surface area contributed by atoms with Gasteiger partial charge in [0.05, 0.1) is 6.26 Å². The van der Waals surface area contributed by atoms with Gasteiger partial charge in [0.1, 0.15) is 17.4 Å². The van der Waals surface area contributed by atoms with E-state index in [1.54, 1.807) is 12.1 Å². The first-order valence-electron chi connectivity index (χ1n) is 7.38. The molecule has 1 aromatic carbocycles. The molecule has 0 saturated carbocycles. The van der Waals surface area contributed by atoms with Crippen molar-refractivity contribution < 1.29 is 37.0 Å². The number of carbonyl (C=O) groups is 2. The minimum Gasteiger partial charge on any atom is -0.465 e. The zero-order valence-corrected chi connectivity index (χ0v) is 13.4. The Kier molecular flexibility index (Phi) is 4.76. The summed E-state index contributed by atoms with van der Waals surface area (Å²) in [5.74, 6) is -1.92. The van der Waals surface area contributed by atoms with Gasteiger partial charge in [0.25, 0.3) is 5.91 Å². The van der Waals surface area contributed by atoms with Gasteiger partial charge in [0.2, 0.25) is 0 Å². The molecular formula is C17H10F2N2O6. The van der Waals surface area contributed by atoms with Crippen molar-refractivity contribution in [3.05, 3.63) is 47.9 Å². The van der Waals surface area contributed by atoms with E-state index in [4.69, 9.17) is 14.4 Å². The molecule has 3 rings (SSSR count). The molecule has 2 aromatic rings. The molecule has 1 N–H and O–H groups in total. The van der Waals surface area contributed by atoms with Gasteiger partial charge in [0, 0.05) is 17.8 Å². The van der Waals surface area contributed by atoms with Crippen LogP contribution in [0.15, 0.2) is 46.6 Å². The molecule has 1 amide bonds. The number of hydrogen-bond donors (Lipinski definition) is 1. The molecule has 1 aromatic heterocycles. The highest BCUT2D eigenvalue weighted by Gasteiger charge is 2.43. The summed E-state index contributed by atoms with van der Waals surface area (Å²) in [6, 6.07) is 8.37. The monoisotopic (exact) mass is 376 g/mol. The van der Waals surface area contributed by atoms with E-state index in [1.807, 2.05) is 0 Å². The molecule has 0 radical (unpaired) electrons. The third kappa shape index (κ3) is 4.40. The Morgan fingerprint density at radius 1 is 1.26 bits per heavy atom. The Bertz CT molecular complexity index is 947. The maximum absolute atomic E-state index is 13.0. The van der Waals surface area contributed by atoms with Crippen LogP contribution in [0.4, 0.5) is 14.5 Å². The molecule has 0 atom stereocenters. The first kappa shape index (κ1) is 17.9. The molecule has 0 spiro atoms. The van der Waals surface area contributed by atoms with Crippen molar-refractivity contribution in [2.75, 3.05) is 11.9 Å². The van der Waals surface area contributed by atoms with Gasteiger partial charge in [-0.15, -0.1) is 8.78 Å². The Labute approximate surface area is 150 Å². The fourth-order valence-corrected chi connectivity index (χ4v) is 2.09. The zero-order chi connectivity index (χ0) is 19.4. The molecule has 0 fully saturated rings. The number of fused-ring (bicyclic) bond motifs is 1. The van der Waals surface area contributed by atoms with Gasteiger partial charge in [-0.2, -0.15) is 5.26 Å².